The van der Waals surface area contributed by atoms with Crippen molar-refractivity contribution in [3.05, 3.63) is 28.7 Å². The third-order valence-corrected chi connectivity index (χ3v) is 4.01. The third kappa shape index (κ3) is 3.01. The summed E-state index contributed by atoms with van der Waals surface area (Å²) in [5.74, 6) is 2.46. The Balaban J connectivity index is 2.32. The number of methoxy groups -OCH3 is 1. The largest absolute Gasteiger partial charge is 0.490 e. The van der Waals surface area contributed by atoms with Crippen molar-refractivity contribution in [3.63, 3.8) is 0 Å². The van der Waals surface area contributed by atoms with Crippen LogP contribution in [0.5, 0.6) is 5.75 Å². The summed E-state index contributed by atoms with van der Waals surface area (Å²) in [4.78, 5) is 9.75. The molecule has 2 N–H and O–H groups in total. The van der Waals surface area contributed by atoms with Crippen molar-refractivity contribution in [1.29, 1.82) is 0 Å². The Labute approximate surface area is 123 Å². The van der Waals surface area contributed by atoms with Gasteiger partial charge >= 0.3 is 0 Å². The molecule has 0 saturated heterocycles. The molecule has 2 rings (SSSR count). The fourth-order valence-electron chi connectivity index (χ4n) is 2.03. The Morgan fingerprint density at radius 2 is 2.00 bits per heavy atom. The van der Waals surface area contributed by atoms with Crippen LogP contribution in [0.3, 0.4) is 0 Å². The molecule has 0 aliphatic heterocycles. The fraction of sp³-hybridized carbons (Fsp3) is 0.429. The molecule has 20 heavy (non-hydrogen) atoms. The first kappa shape index (κ1) is 14.6. The lowest BCUT2D eigenvalue weighted by Crippen LogP contribution is -2.17. The highest BCUT2D eigenvalue weighted by Crippen LogP contribution is 2.34. The van der Waals surface area contributed by atoms with Crippen LogP contribution in [-0.2, 0) is 0 Å². The lowest BCUT2D eigenvalue weighted by atomic mass is 10.0. The molecule has 6 heteroatoms. The lowest BCUT2D eigenvalue weighted by molar-refractivity contribution is 0.413. The second kappa shape index (κ2) is 6.56. The van der Waals surface area contributed by atoms with E-state index in [1.807, 2.05) is 7.05 Å². The second-order valence-corrected chi connectivity index (χ2v) is 5.71. The molecule has 2 aromatic heterocycles. The summed E-state index contributed by atoms with van der Waals surface area (Å²) in [7, 11) is 3.44. The van der Waals surface area contributed by atoms with Crippen LogP contribution in [0.15, 0.2) is 23.8 Å². The van der Waals surface area contributed by atoms with Crippen LogP contribution in [0.25, 0.3) is 0 Å². The van der Waals surface area contributed by atoms with Gasteiger partial charge in [-0.2, -0.15) is 0 Å². The number of aromatic nitrogens is 2. The van der Waals surface area contributed by atoms with Crippen molar-refractivity contribution in [2.75, 3.05) is 24.8 Å². The smallest absolute Gasteiger partial charge is 0.204 e. The molecule has 0 aliphatic rings. The molecular weight excluding hydrogens is 272 g/mol. The van der Waals surface area contributed by atoms with Gasteiger partial charge in [0.1, 0.15) is 6.33 Å². The molecule has 0 amide bonds. The molecule has 1 atom stereocenters. The number of nitrogens with one attached hydrogen (secondary N) is 2. The Hall–Kier alpha value is -1.82. The SMILES string of the molecule is CNc1ncnc(NC(c2cccs2)C(C)C)c1OC. The van der Waals surface area contributed by atoms with Gasteiger partial charge in [0.2, 0.25) is 5.75 Å². The van der Waals surface area contributed by atoms with E-state index < -0.39 is 0 Å². The molecule has 2 aromatic rings. The topological polar surface area (TPSA) is 59.1 Å². The van der Waals surface area contributed by atoms with Gasteiger partial charge in [0.05, 0.1) is 13.2 Å². The molecule has 108 valence electrons. The minimum Gasteiger partial charge on any atom is -0.490 e. The van der Waals surface area contributed by atoms with Gasteiger partial charge in [-0.25, -0.2) is 9.97 Å². The van der Waals surface area contributed by atoms with E-state index in [1.165, 1.54) is 11.2 Å². The van der Waals surface area contributed by atoms with E-state index >= 15 is 0 Å². The van der Waals surface area contributed by atoms with E-state index in [4.69, 9.17) is 4.74 Å². The highest BCUT2D eigenvalue weighted by molar-refractivity contribution is 7.10. The van der Waals surface area contributed by atoms with E-state index in [-0.39, 0.29) is 6.04 Å². The molecular formula is C14H20N4OS. The highest BCUT2D eigenvalue weighted by Gasteiger charge is 2.20. The number of hydrogen-bond donors (Lipinski definition) is 2. The van der Waals surface area contributed by atoms with E-state index in [2.05, 4.69) is 52.0 Å². The number of nitrogens with zero attached hydrogens (tertiary/aromatic N) is 2. The maximum absolute atomic E-state index is 5.42. The first-order valence-corrected chi connectivity index (χ1v) is 7.42. The molecule has 0 spiro atoms. The van der Waals surface area contributed by atoms with E-state index in [0.29, 0.717) is 23.3 Å². The highest BCUT2D eigenvalue weighted by atomic mass is 32.1. The lowest BCUT2D eigenvalue weighted by Gasteiger charge is -2.23. The number of anilines is 2. The molecule has 0 fully saturated rings. The van der Waals surface area contributed by atoms with Crippen molar-refractivity contribution < 1.29 is 4.74 Å². The van der Waals surface area contributed by atoms with Crippen molar-refractivity contribution in [2.45, 2.75) is 19.9 Å². The zero-order valence-corrected chi connectivity index (χ0v) is 13.0. The van der Waals surface area contributed by atoms with Gasteiger partial charge in [-0.15, -0.1) is 11.3 Å². The van der Waals surface area contributed by atoms with Crippen LogP contribution >= 0.6 is 11.3 Å². The molecule has 2 heterocycles. The van der Waals surface area contributed by atoms with Gasteiger partial charge in [0.15, 0.2) is 11.6 Å². The molecule has 0 bridgehead atoms. The van der Waals surface area contributed by atoms with E-state index in [1.54, 1.807) is 18.4 Å². The van der Waals surface area contributed by atoms with Gasteiger partial charge in [0.25, 0.3) is 0 Å². The maximum Gasteiger partial charge on any atom is 0.204 e. The number of hydrogen-bond acceptors (Lipinski definition) is 6. The average molecular weight is 292 g/mol. The summed E-state index contributed by atoms with van der Waals surface area (Å²) >= 11 is 1.74. The van der Waals surface area contributed by atoms with Crippen molar-refractivity contribution in [1.82, 2.24) is 9.97 Å². The Morgan fingerprint density at radius 1 is 1.25 bits per heavy atom. The summed E-state index contributed by atoms with van der Waals surface area (Å²) in [6.45, 7) is 4.37. The fourth-order valence-corrected chi connectivity index (χ4v) is 2.98. The number of thiophene rings is 1. The standard InChI is InChI=1S/C14H20N4OS/c1-9(2)11(10-6-5-7-20-10)18-14-12(19-4)13(15-3)16-8-17-14/h5-9,11H,1-4H3,(H2,15,16,17,18). The van der Waals surface area contributed by atoms with Gasteiger partial charge < -0.3 is 15.4 Å². The predicted molar refractivity (Wildman–Crippen MR) is 83.7 cm³/mol. The van der Waals surface area contributed by atoms with Gasteiger partial charge in [0, 0.05) is 11.9 Å². The van der Waals surface area contributed by atoms with E-state index in [9.17, 15) is 0 Å². The zero-order chi connectivity index (χ0) is 14.5. The van der Waals surface area contributed by atoms with Crippen LogP contribution in [0.2, 0.25) is 0 Å². The van der Waals surface area contributed by atoms with Crippen LogP contribution in [0, 0.1) is 5.92 Å². The van der Waals surface area contributed by atoms with Gasteiger partial charge in [-0.1, -0.05) is 19.9 Å². The van der Waals surface area contributed by atoms with E-state index in [0.717, 1.165) is 0 Å². The normalized spacial score (nSPS) is 12.2. The van der Waals surface area contributed by atoms with Crippen molar-refractivity contribution in [2.24, 2.45) is 5.92 Å². The minimum absolute atomic E-state index is 0.198. The zero-order valence-electron chi connectivity index (χ0n) is 12.2. The molecule has 0 saturated carbocycles. The monoisotopic (exact) mass is 292 g/mol. The molecule has 0 aliphatic carbocycles. The second-order valence-electron chi connectivity index (χ2n) is 4.74. The summed E-state index contributed by atoms with van der Waals surface area (Å²) in [6, 6.07) is 4.39. The molecule has 5 nitrogen and oxygen atoms in total. The number of rotatable bonds is 6. The first-order valence-electron chi connectivity index (χ1n) is 6.54. The summed E-state index contributed by atoms with van der Waals surface area (Å²) in [5.41, 5.74) is 0. The first-order chi connectivity index (χ1) is 9.67. The quantitative estimate of drug-likeness (QED) is 0.854. The van der Waals surface area contributed by atoms with Crippen LogP contribution in [0.4, 0.5) is 11.6 Å². The third-order valence-electron chi connectivity index (χ3n) is 3.05. The average Bonchev–Trinajstić information content (AvgIpc) is 2.97. The minimum atomic E-state index is 0.198. The Kier molecular flexibility index (Phi) is 4.79. The molecule has 0 aromatic carbocycles. The summed E-state index contributed by atoms with van der Waals surface area (Å²) in [5, 5.41) is 8.57. The number of ether oxygens (including phenoxy) is 1. The van der Waals surface area contributed by atoms with Crippen molar-refractivity contribution in [3.8, 4) is 5.75 Å². The summed E-state index contributed by atoms with van der Waals surface area (Å²) < 4.78 is 5.42. The molecule has 0 radical (unpaired) electrons. The van der Waals surface area contributed by atoms with Crippen LogP contribution < -0.4 is 15.4 Å². The van der Waals surface area contributed by atoms with Crippen molar-refractivity contribution >= 4 is 23.0 Å². The van der Waals surface area contributed by atoms with Crippen LogP contribution in [-0.4, -0.2) is 24.1 Å². The Morgan fingerprint density at radius 3 is 2.55 bits per heavy atom. The summed E-state index contributed by atoms with van der Waals surface area (Å²) in [6.07, 6.45) is 1.53. The van der Waals surface area contributed by atoms with Crippen LogP contribution in [0.1, 0.15) is 24.8 Å². The molecule has 1 unspecified atom stereocenters. The maximum atomic E-state index is 5.42. The Bertz CT molecular complexity index is 542. The predicted octanol–water partition coefficient (Wildman–Crippen LogP) is 3.40. The van der Waals surface area contributed by atoms with Gasteiger partial charge in [-0.05, 0) is 17.4 Å². The van der Waals surface area contributed by atoms with Gasteiger partial charge in [-0.3, -0.25) is 0 Å².